The minimum atomic E-state index is -1.16. The molecule has 27 heavy (non-hydrogen) atoms. The van der Waals surface area contributed by atoms with Crippen LogP contribution in [0, 0.1) is 5.82 Å². The van der Waals surface area contributed by atoms with E-state index in [4.69, 9.17) is 4.74 Å². The van der Waals surface area contributed by atoms with Gasteiger partial charge in [-0.3, -0.25) is 4.79 Å². The molecule has 0 aliphatic rings. The van der Waals surface area contributed by atoms with Crippen LogP contribution in [-0.2, 0) is 0 Å². The molecular weight excluding hydrogens is 437 g/mol. The van der Waals surface area contributed by atoms with E-state index in [0.717, 1.165) is 16.1 Å². The van der Waals surface area contributed by atoms with Crippen LogP contribution in [0.1, 0.15) is 20.7 Å². The molecule has 1 amide bonds. The summed E-state index contributed by atoms with van der Waals surface area (Å²) < 4.78 is 19.5. The molecule has 0 aliphatic carbocycles. The lowest BCUT2D eigenvalue weighted by atomic mass is 10.1. The van der Waals surface area contributed by atoms with Gasteiger partial charge in [-0.15, -0.1) is 11.3 Å². The predicted octanol–water partition coefficient (Wildman–Crippen LogP) is 5.28. The van der Waals surface area contributed by atoms with E-state index in [9.17, 15) is 19.1 Å². The molecular formula is C19H13BrFNO4S. The molecule has 1 heterocycles. The van der Waals surface area contributed by atoms with E-state index < -0.39 is 17.7 Å². The molecule has 0 unspecified atom stereocenters. The maximum absolute atomic E-state index is 13.8. The van der Waals surface area contributed by atoms with Crippen LogP contribution in [0.2, 0.25) is 0 Å². The molecule has 0 radical (unpaired) electrons. The predicted molar refractivity (Wildman–Crippen MR) is 105 cm³/mol. The van der Waals surface area contributed by atoms with Gasteiger partial charge in [0, 0.05) is 15.4 Å². The number of methoxy groups -OCH3 is 1. The summed E-state index contributed by atoms with van der Waals surface area (Å²) in [6.45, 7) is 0. The monoisotopic (exact) mass is 449 g/mol. The van der Waals surface area contributed by atoms with Crippen LogP contribution in [0.4, 0.5) is 10.1 Å². The Labute approximate surface area is 166 Å². The summed E-state index contributed by atoms with van der Waals surface area (Å²) in [4.78, 5) is 24.7. The van der Waals surface area contributed by atoms with Crippen molar-refractivity contribution in [1.82, 2.24) is 0 Å². The smallest absolute Gasteiger partial charge is 0.339 e. The minimum Gasteiger partial charge on any atom is -0.494 e. The van der Waals surface area contributed by atoms with Gasteiger partial charge in [-0.1, -0.05) is 28.1 Å². The van der Waals surface area contributed by atoms with Gasteiger partial charge in [0.25, 0.3) is 5.91 Å². The number of amides is 1. The number of hydrogen-bond donors (Lipinski definition) is 2. The Balaban J connectivity index is 1.93. The molecule has 0 saturated heterocycles. The zero-order valence-corrected chi connectivity index (χ0v) is 16.4. The number of ether oxygens (including phenoxy) is 1. The molecule has 0 spiro atoms. The number of rotatable bonds is 5. The van der Waals surface area contributed by atoms with Crippen molar-refractivity contribution in [2.24, 2.45) is 0 Å². The number of hydrogen-bond acceptors (Lipinski definition) is 4. The highest BCUT2D eigenvalue weighted by Gasteiger charge is 2.22. The van der Waals surface area contributed by atoms with Crippen molar-refractivity contribution in [3.63, 3.8) is 0 Å². The fourth-order valence-corrected chi connectivity index (χ4v) is 3.74. The van der Waals surface area contributed by atoms with Gasteiger partial charge in [0.1, 0.15) is 5.56 Å². The Bertz CT molecular complexity index is 1020. The summed E-state index contributed by atoms with van der Waals surface area (Å²) in [6, 6.07) is 11.0. The highest BCUT2D eigenvalue weighted by atomic mass is 79.9. The second kappa shape index (κ2) is 7.89. The van der Waals surface area contributed by atoms with Crippen molar-refractivity contribution >= 4 is 44.8 Å². The number of carbonyl (C=O) groups is 2. The lowest BCUT2D eigenvalue weighted by Crippen LogP contribution is -2.14. The number of aromatic carboxylic acids is 1. The summed E-state index contributed by atoms with van der Waals surface area (Å²) >= 11 is 4.54. The Morgan fingerprint density at radius 3 is 2.48 bits per heavy atom. The van der Waals surface area contributed by atoms with Crippen LogP contribution in [0.15, 0.2) is 52.3 Å². The summed E-state index contributed by atoms with van der Waals surface area (Å²) in [7, 11) is 1.33. The Kier molecular flexibility index (Phi) is 5.57. The number of anilines is 1. The fraction of sp³-hybridized carbons (Fsp3) is 0.0526. The van der Waals surface area contributed by atoms with Crippen molar-refractivity contribution < 1.29 is 23.8 Å². The zero-order valence-electron chi connectivity index (χ0n) is 14.0. The second-order valence-corrected chi connectivity index (χ2v) is 7.26. The third-order valence-electron chi connectivity index (χ3n) is 3.77. The first-order chi connectivity index (χ1) is 12.9. The van der Waals surface area contributed by atoms with E-state index in [1.165, 1.54) is 30.6 Å². The first-order valence-electron chi connectivity index (χ1n) is 7.66. The summed E-state index contributed by atoms with van der Waals surface area (Å²) in [5.41, 5.74) is 0.925. The highest BCUT2D eigenvalue weighted by molar-refractivity contribution is 9.10. The van der Waals surface area contributed by atoms with Crippen LogP contribution in [-0.4, -0.2) is 24.1 Å². The first kappa shape index (κ1) is 19.1. The molecule has 3 rings (SSSR count). The summed E-state index contributed by atoms with van der Waals surface area (Å²) in [6.07, 6.45) is 0. The topological polar surface area (TPSA) is 75.6 Å². The number of benzene rings is 2. The molecule has 0 bridgehead atoms. The normalized spacial score (nSPS) is 10.5. The average Bonchev–Trinajstić information content (AvgIpc) is 3.06. The Hall–Kier alpha value is -2.71. The van der Waals surface area contributed by atoms with Gasteiger partial charge < -0.3 is 15.2 Å². The van der Waals surface area contributed by atoms with Crippen LogP contribution < -0.4 is 10.1 Å². The standard InChI is InChI=1S/C19H13BrFNO4S/c1-26-15-7-4-11(8-13(15)21)18(23)22-14-9-27-17(16(14)19(24)25)10-2-5-12(20)6-3-10/h2-9H,1H3,(H,22,23)(H,24,25). The third-order valence-corrected chi connectivity index (χ3v) is 5.33. The van der Waals surface area contributed by atoms with E-state index in [1.807, 2.05) is 0 Å². The SMILES string of the molecule is COc1ccc(C(=O)Nc2csc(-c3ccc(Br)cc3)c2C(=O)O)cc1F. The molecule has 1 aromatic heterocycles. The molecule has 5 nitrogen and oxygen atoms in total. The molecule has 0 atom stereocenters. The first-order valence-corrected chi connectivity index (χ1v) is 9.33. The summed E-state index contributed by atoms with van der Waals surface area (Å²) in [5, 5.41) is 13.7. The molecule has 8 heteroatoms. The quantitative estimate of drug-likeness (QED) is 0.555. The number of nitrogens with one attached hydrogen (secondary N) is 1. The lowest BCUT2D eigenvalue weighted by molar-refractivity contribution is 0.0699. The Morgan fingerprint density at radius 2 is 1.89 bits per heavy atom. The zero-order chi connectivity index (χ0) is 19.6. The fourth-order valence-electron chi connectivity index (χ4n) is 2.48. The molecule has 0 aliphatic heterocycles. The molecule has 2 aromatic carbocycles. The second-order valence-electron chi connectivity index (χ2n) is 5.47. The largest absolute Gasteiger partial charge is 0.494 e. The number of halogens is 2. The van der Waals surface area contributed by atoms with E-state index in [0.29, 0.717) is 4.88 Å². The van der Waals surface area contributed by atoms with Crippen LogP contribution in [0.3, 0.4) is 0 Å². The molecule has 0 saturated carbocycles. The number of carbonyl (C=O) groups excluding carboxylic acids is 1. The van der Waals surface area contributed by atoms with Gasteiger partial charge >= 0.3 is 5.97 Å². The number of carboxylic acids is 1. The molecule has 0 fully saturated rings. The van der Waals surface area contributed by atoms with Crippen molar-refractivity contribution in [3.05, 3.63) is 69.3 Å². The van der Waals surface area contributed by atoms with Crippen LogP contribution >= 0.6 is 27.3 Å². The van der Waals surface area contributed by atoms with Crippen molar-refractivity contribution in [3.8, 4) is 16.2 Å². The van der Waals surface area contributed by atoms with Gasteiger partial charge in [-0.2, -0.15) is 0 Å². The van der Waals surface area contributed by atoms with E-state index in [2.05, 4.69) is 21.2 Å². The lowest BCUT2D eigenvalue weighted by Gasteiger charge is -2.08. The van der Waals surface area contributed by atoms with Crippen molar-refractivity contribution in [1.29, 1.82) is 0 Å². The third kappa shape index (κ3) is 4.01. The van der Waals surface area contributed by atoms with E-state index >= 15 is 0 Å². The van der Waals surface area contributed by atoms with Crippen LogP contribution in [0.5, 0.6) is 5.75 Å². The van der Waals surface area contributed by atoms with Crippen LogP contribution in [0.25, 0.3) is 10.4 Å². The maximum atomic E-state index is 13.8. The van der Waals surface area contributed by atoms with Crippen molar-refractivity contribution in [2.45, 2.75) is 0 Å². The highest BCUT2D eigenvalue weighted by Crippen LogP contribution is 2.36. The van der Waals surface area contributed by atoms with E-state index in [-0.39, 0.29) is 22.6 Å². The van der Waals surface area contributed by atoms with Gasteiger partial charge in [0.05, 0.1) is 17.7 Å². The van der Waals surface area contributed by atoms with Gasteiger partial charge in [-0.25, -0.2) is 9.18 Å². The molecule has 138 valence electrons. The maximum Gasteiger partial charge on any atom is 0.339 e. The van der Waals surface area contributed by atoms with E-state index in [1.54, 1.807) is 29.6 Å². The van der Waals surface area contributed by atoms with Gasteiger partial charge in [0.2, 0.25) is 0 Å². The average molecular weight is 450 g/mol. The number of carboxylic acid groups (broad SMARTS) is 1. The van der Waals surface area contributed by atoms with Gasteiger partial charge in [-0.05, 0) is 35.9 Å². The molecule has 3 aromatic rings. The van der Waals surface area contributed by atoms with Gasteiger partial charge in [0.15, 0.2) is 11.6 Å². The Morgan fingerprint density at radius 1 is 1.19 bits per heavy atom. The number of thiophene rings is 1. The molecule has 2 N–H and O–H groups in total. The summed E-state index contributed by atoms with van der Waals surface area (Å²) in [5.74, 6) is -2.43. The minimum absolute atomic E-state index is 0.00958. The van der Waals surface area contributed by atoms with Crippen molar-refractivity contribution in [2.75, 3.05) is 12.4 Å².